The lowest BCUT2D eigenvalue weighted by Crippen LogP contribution is -2.26. The molecule has 0 spiro atoms. The van der Waals surface area contributed by atoms with E-state index in [0.717, 1.165) is 64.2 Å². The second-order valence-electron chi connectivity index (χ2n) is 13.5. The molecule has 256 valence electrons. The Labute approximate surface area is 268 Å². The first-order valence-electron chi connectivity index (χ1n) is 18.2. The highest BCUT2D eigenvalue weighted by atomic mass is 16.5. The van der Waals surface area contributed by atoms with Gasteiger partial charge in [-0.1, -0.05) is 103 Å². The highest BCUT2D eigenvalue weighted by Gasteiger charge is 2.30. The largest absolute Gasteiger partial charge is 0.455 e. The molecule has 2 rings (SSSR count). The second kappa shape index (κ2) is 24.0. The molecule has 0 amide bonds. The van der Waals surface area contributed by atoms with E-state index >= 15 is 0 Å². The third-order valence-electron chi connectivity index (χ3n) is 9.30. The molecule has 2 aliphatic heterocycles. The van der Waals surface area contributed by atoms with Crippen LogP contribution < -0.4 is 0 Å². The van der Waals surface area contributed by atoms with Crippen molar-refractivity contribution >= 4 is 5.97 Å². The molecule has 0 aromatic rings. The van der Waals surface area contributed by atoms with Crippen molar-refractivity contribution in [1.29, 1.82) is 0 Å². The molecule has 4 N–H and O–H groups in total. The SMILES string of the molecule is CCCCCCCCCCCC[C@H](O)[C@@H](O)CC/C=C\CC[C@@H](O)[C@H]1CCC(CCCCCC(O)CC2=CC(C)OC2=O)O1. The number of cyclic esters (lactones) is 1. The first-order chi connectivity index (χ1) is 21.3. The summed E-state index contributed by atoms with van der Waals surface area (Å²) in [6.07, 6.45) is 26.5. The van der Waals surface area contributed by atoms with Crippen LogP contribution in [0, 0.1) is 0 Å². The minimum Gasteiger partial charge on any atom is -0.455 e. The zero-order chi connectivity index (χ0) is 32.0. The molecule has 44 heavy (non-hydrogen) atoms. The summed E-state index contributed by atoms with van der Waals surface area (Å²) in [5.41, 5.74) is 0.591. The van der Waals surface area contributed by atoms with E-state index in [1.165, 1.54) is 51.4 Å². The van der Waals surface area contributed by atoms with E-state index in [2.05, 4.69) is 19.1 Å². The molecule has 0 bridgehead atoms. The van der Waals surface area contributed by atoms with Crippen molar-refractivity contribution in [3.05, 3.63) is 23.8 Å². The van der Waals surface area contributed by atoms with E-state index in [1.54, 1.807) is 6.08 Å². The smallest absolute Gasteiger partial charge is 0.334 e. The summed E-state index contributed by atoms with van der Waals surface area (Å²) < 4.78 is 11.2. The van der Waals surface area contributed by atoms with Crippen LogP contribution in [0.5, 0.6) is 0 Å². The van der Waals surface area contributed by atoms with Crippen molar-refractivity contribution < 1.29 is 34.7 Å². The van der Waals surface area contributed by atoms with Crippen LogP contribution in [-0.4, -0.2) is 69.1 Å². The van der Waals surface area contributed by atoms with Gasteiger partial charge in [-0.05, 0) is 70.8 Å². The van der Waals surface area contributed by atoms with Crippen LogP contribution in [0.4, 0.5) is 0 Å². The number of aliphatic hydroxyl groups excluding tert-OH is 4. The van der Waals surface area contributed by atoms with Crippen LogP contribution in [0.2, 0.25) is 0 Å². The lowest BCUT2D eigenvalue weighted by atomic mass is 10.0. The van der Waals surface area contributed by atoms with Gasteiger partial charge in [0, 0.05) is 12.0 Å². The molecule has 7 nitrogen and oxygen atoms in total. The highest BCUT2D eigenvalue weighted by molar-refractivity contribution is 5.90. The van der Waals surface area contributed by atoms with Gasteiger partial charge < -0.3 is 29.9 Å². The predicted octanol–water partition coefficient (Wildman–Crippen LogP) is 7.62. The Morgan fingerprint density at radius 1 is 0.773 bits per heavy atom. The number of allylic oxidation sites excluding steroid dienone is 2. The summed E-state index contributed by atoms with van der Waals surface area (Å²) in [7, 11) is 0. The van der Waals surface area contributed by atoms with E-state index in [0.29, 0.717) is 37.7 Å². The van der Waals surface area contributed by atoms with Crippen LogP contribution in [0.25, 0.3) is 0 Å². The van der Waals surface area contributed by atoms with Gasteiger partial charge in [-0.2, -0.15) is 0 Å². The van der Waals surface area contributed by atoms with Gasteiger partial charge in [-0.25, -0.2) is 4.79 Å². The number of unbranched alkanes of at least 4 members (excludes halogenated alkanes) is 11. The summed E-state index contributed by atoms with van der Waals surface area (Å²) in [5, 5.41) is 41.4. The first-order valence-corrected chi connectivity index (χ1v) is 18.2. The van der Waals surface area contributed by atoms with Gasteiger partial charge in [-0.15, -0.1) is 0 Å². The fourth-order valence-corrected chi connectivity index (χ4v) is 6.48. The Balaban J connectivity index is 1.42. The molecular weight excluding hydrogens is 556 g/mol. The number of aliphatic hydroxyl groups is 4. The number of carbonyl (C=O) groups excluding carboxylic acids is 1. The van der Waals surface area contributed by atoms with E-state index in [4.69, 9.17) is 9.47 Å². The maximum absolute atomic E-state index is 11.7. The normalized spacial score (nSPS) is 23.2. The first kappa shape index (κ1) is 38.9. The van der Waals surface area contributed by atoms with Crippen LogP contribution in [0.1, 0.15) is 162 Å². The van der Waals surface area contributed by atoms with Crippen molar-refractivity contribution in [2.45, 2.75) is 204 Å². The zero-order valence-electron chi connectivity index (χ0n) is 28.1. The van der Waals surface area contributed by atoms with E-state index in [9.17, 15) is 25.2 Å². The van der Waals surface area contributed by atoms with Crippen molar-refractivity contribution in [3.8, 4) is 0 Å². The fourth-order valence-electron chi connectivity index (χ4n) is 6.48. The highest BCUT2D eigenvalue weighted by Crippen LogP contribution is 2.28. The summed E-state index contributed by atoms with van der Waals surface area (Å²) >= 11 is 0. The van der Waals surface area contributed by atoms with Gasteiger partial charge in [0.1, 0.15) is 6.10 Å². The number of hydrogen-bond acceptors (Lipinski definition) is 7. The molecule has 2 aliphatic rings. The molecule has 1 fully saturated rings. The molecule has 0 saturated carbocycles. The zero-order valence-corrected chi connectivity index (χ0v) is 28.1. The average Bonchev–Trinajstić information content (AvgIpc) is 3.60. The van der Waals surface area contributed by atoms with E-state index < -0.39 is 24.4 Å². The molecule has 0 radical (unpaired) electrons. The van der Waals surface area contributed by atoms with Crippen molar-refractivity contribution in [1.82, 2.24) is 0 Å². The summed E-state index contributed by atoms with van der Waals surface area (Å²) in [4.78, 5) is 11.7. The maximum Gasteiger partial charge on any atom is 0.334 e. The topological polar surface area (TPSA) is 116 Å². The molecule has 2 heterocycles. The van der Waals surface area contributed by atoms with Crippen LogP contribution in [0.3, 0.4) is 0 Å². The molecule has 7 heteroatoms. The van der Waals surface area contributed by atoms with Crippen LogP contribution in [0.15, 0.2) is 23.8 Å². The van der Waals surface area contributed by atoms with E-state index in [1.807, 2.05) is 6.92 Å². The number of hydrogen-bond donors (Lipinski definition) is 4. The Morgan fingerprint density at radius 3 is 2.02 bits per heavy atom. The van der Waals surface area contributed by atoms with Gasteiger partial charge in [0.2, 0.25) is 0 Å². The minimum atomic E-state index is -0.669. The Morgan fingerprint density at radius 2 is 1.36 bits per heavy atom. The van der Waals surface area contributed by atoms with Crippen molar-refractivity contribution in [3.63, 3.8) is 0 Å². The van der Waals surface area contributed by atoms with Gasteiger partial charge in [-0.3, -0.25) is 0 Å². The maximum atomic E-state index is 11.7. The van der Waals surface area contributed by atoms with E-state index in [-0.39, 0.29) is 24.3 Å². The van der Waals surface area contributed by atoms with Crippen molar-refractivity contribution in [2.75, 3.05) is 0 Å². The lowest BCUT2D eigenvalue weighted by Gasteiger charge is -2.19. The third kappa shape index (κ3) is 17.4. The van der Waals surface area contributed by atoms with Gasteiger partial charge in [0.25, 0.3) is 0 Å². The molecule has 0 aromatic carbocycles. The molecule has 0 aromatic heterocycles. The summed E-state index contributed by atoms with van der Waals surface area (Å²) in [6, 6.07) is 0. The van der Waals surface area contributed by atoms with Crippen molar-refractivity contribution in [2.24, 2.45) is 0 Å². The Kier molecular flexibility index (Phi) is 21.2. The molecule has 1 saturated heterocycles. The monoisotopic (exact) mass is 622 g/mol. The van der Waals surface area contributed by atoms with Crippen LogP contribution >= 0.6 is 0 Å². The molecule has 7 atom stereocenters. The average molecular weight is 623 g/mol. The third-order valence-corrected chi connectivity index (χ3v) is 9.30. The fraction of sp³-hybridized carbons (Fsp3) is 0.865. The van der Waals surface area contributed by atoms with Crippen LogP contribution in [-0.2, 0) is 14.3 Å². The number of carbonyl (C=O) groups is 1. The molecular formula is C37H66O7. The van der Waals surface area contributed by atoms with Gasteiger partial charge >= 0.3 is 5.97 Å². The van der Waals surface area contributed by atoms with Gasteiger partial charge in [0.05, 0.1) is 36.6 Å². The Hall–Kier alpha value is -1.25. The number of esters is 1. The second-order valence-corrected chi connectivity index (χ2v) is 13.5. The minimum absolute atomic E-state index is 0.0974. The molecule has 0 aliphatic carbocycles. The Bertz CT molecular complexity index is 797. The number of ether oxygens (including phenoxy) is 2. The summed E-state index contributed by atoms with van der Waals surface area (Å²) in [6.45, 7) is 4.07. The standard InChI is InChI=1S/C37H66O7/c1-3-4-5-6-7-8-9-10-11-17-22-33(39)34(40)23-18-12-13-19-24-35(41)36-26-25-32(44-36)21-16-14-15-20-31(38)28-30-27-29(2)43-37(30)42/h12-13,27,29,31-36,38-41H,3-11,14-26,28H2,1-2H3/b13-12-/t29?,31?,32?,33-,34-,35+,36+/m0/s1. The number of rotatable bonds is 27. The lowest BCUT2D eigenvalue weighted by molar-refractivity contribution is -0.139. The quantitative estimate of drug-likeness (QED) is 0.0423. The van der Waals surface area contributed by atoms with Gasteiger partial charge in [0.15, 0.2) is 0 Å². The molecule has 3 unspecified atom stereocenters. The summed E-state index contributed by atoms with van der Waals surface area (Å²) in [5.74, 6) is -0.302. The predicted molar refractivity (Wildman–Crippen MR) is 177 cm³/mol.